The topological polar surface area (TPSA) is 78.4 Å². The van der Waals surface area contributed by atoms with E-state index in [1.54, 1.807) is 0 Å². The smallest absolute Gasteiger partial charge is 0.315 e. The second kappa shape index (κ2) is 6.95. The van der Waals surface area contributed by atoms with Crippen molar-refractivity contribution in [2.45, 2.75) is 70.4 Å². The van der Waals surface area contributed by atoms with Gasteiger partial charge in [-0.05, 0) is 44.4 Å². The van der Waals surface area contributed by atoms with Crippen molar-refractivity contribution in [1.29, 1.82) is 0 Å². The maximum atomic E-state index is 12.0. The van der Waals surface area contributed by atoms with Crippen LogP contribution in [0.25, 0.3) is 0 Å². The lowest BCUT2D eigenvalue weighted by Crippen LogP contribution is -2.48. The van der Waals surface area contributed by atoms with E-state index in [0.29, 0.717) is 24.8 Å². The highest BCUT2D eigenvalue weighted by molar-refractivity contribution is 5.75. The van der Waals surface area contributed by atoms with Gasteiger partial charge in [-0.2, -0.15) is 0 Å². The molecule has 3 N–H and O–H groups in total. The Balaban J connectivity index is 1.71. The molecule has 0 saturated heterocycles. The number of hydrogen-bond acceptors (Lipinski definition) is 2. The van der Waals surface area contributed by atoms with Gasteiger partial charge in [0.15, 0.2) is 0 Å². The third-order valence-corrected chi connectivity index (χ3v) is 4.91. The summed E-state index contributed by atoms with van der Waals surface area (Å²) in [5.74, 6) is -0.316. The summed E-state index contributed by atoms with van der Waals surface area (Å²) < 4.78 is 0. The number of carbonyl (C=O) groups is 2. The summed E-state index contributed by atoms with van der Waals surface area (Å²) >= 11 is 0. The first kappa shape index (κ1) is 15.1. The molecule has 5 heteroatoms. The van der Waals surface area contributed by atoms with Crippen LogP contribution < -0.4 is 10.6 Å². The average molecular weight is 282 g/mol. The first-order valence-corrected chi connectivity index (χ1v) is 7.90. The van der Waals surface area contributed by atoms with E-state index in [0.717, 1.165) is 25.7 Å². The normalized spacial score (nSPS) is 33.6. The van der Waals surface area contributed by atoms with E-state index in [9.17, 15) is 9.59 Å². The van der Waals surface area contributed by atoms with E-state index in [4.69, 9.17) is 5.11 Å². The molecule has 2 fully saturated rings. The molecule has 2 unspecified atom stereocenters. The Bertz CT molecular complexity index is 351. The van der Waals surface area contributed by atoms with Crippen molar-refractivity contribution in [3.63, 3.8) is 0 Å². The Hall–Kier alpha value is -1.26. The van der Waals surface area contributed by atoms with E-state index >= 15 is 0 Å². The number of aliphatic carboxylic acids is 1. The van der Waals surface area contributed by atoms with Crippen LogP contribution in [0.2, 0.25) is 0 Å². The minimum atomic E-state index is -0.704. The van der Waals surface area contributed by atoms with Crippen molar-refractivity contribution >= 4 is 12.0 Å². The molecule has 2 atom stereocenters. The van der Waals surface area contributed by atoms with Crippen LogP contribution in [-0.2, 0) is 4.79 Å². The molecule has 2 amide bonds. The van der Waals surface area contributed by atoms with Crippen LogP contribution >= 0.6 is 0 Å². The van der Waals surface area contributed by atoms with Crippen LogP contribution in [0.1, 0.15) is 58.3 Å². The SMILES string of the molecule is CCC1CCCC1NC(=O)NC1CCC(C(=O)O)CC1. The molecule has 0 aromatic heterocycles. The molecule has 0 aromatic carbocycles. The van der Waals surface area contributed by atoms with Crippen molar-refractivity contribution < 1.29 is 14.7 Å². The van der Waals surface area contributed by atoms with E-state index in [-0.39, 0.29) is 18.0 Å². The number of rotatable bonds is 4. The Kier molecular flexibility index (Phi) is 5.26. The van der Waals surface area contributed by atoms with E-state index in [1.165, 1.54) is 12.8 Å². The van der Waals surface area contributed by atoms with E-state index in [2.05, 4.69) is 17.6 Å². The fourth-order valence-electron chi connectivity index (χ4n) is 3.60. The molecule has 0 bridgehead atoms. The van der Waals surface area contributed by atoms with E-state index < -0.39 is 5.97 Å². The van der Waals surface area contributed by atoms with Gasteiger partial charge in [0, 0.05) is 12.1 Å². The summed E-state index contributed by atoms with van der Waals surface area (Å²) in [5.41, 5.74) is 0. The number of carbonyl (C=O) groups excluding carboxylic acids is 1. The highest BCUT2D eigenvalue weighted by atomic mass is 16.4. The van der Waals surface area contributed by atoms with Crippen LogP contribution in [0.15, 0.2) is 0 Å². The monoisotopic (exact) mass is 282 g/mol. The molecule has 2 saturated carbocycles. The highest BCUT2D eigenvalue weighted by Crippen LogP contribution is 2.28. The molecule has 0 aliphatic heterocycles. The van der Waals surface area contributed by atoms with Gasteiger partial charge in [-0.25, -0.2) is 4.79 Å². The Labute approximate surface area is 120 Å². The molecule has 0 aromatic rings. The molecule has 20 heavy (non-hydrogen) atoms. The fraction of sp³-hybridized carbons (Fsp3) is 0.867. The van der Waals surface area contributed by atoms with Crippen molar-refractivity contribution in [3.8, 4) is 0 Å². The number of carboxylic acid groups (broad SMARTS) is 1. The maximum Gasteiger partial charge on any atom is 0.315 e. The number of amides is 2. The van der Waals surface area contributed by atoms with Crippen molar-refractivity contribution in [3.05, 3.63) is 0 Å². The predicted octanol–water partition coefficient (Wildman–Crippen LogP) is 2.51. The van der Waals surface area contributed by atoms with Gasteiger partial charge < -0.3 is 15.7 Å². The Morgan fingerprint density at radius 1 is 1.05 bits per heavy atom. The maximum absolute atomic E-state index is 12.0. The standard InChI is InChI=1S/C15H26N2O3/c1-2-10-4-3-5-13(10)17-15(20)16-12-8-6-11(7-9-12)14(18)19/h10-13H,2-9H2,1H3,(H,18,19)(H2,16,17,20). The van der Waals surface area contributed by atoms with E-state index in [1.807, 2.05) is 0 Å². The highest BCUT2D eigenvalue weighted by Gasteiger charge is 2.29. The molecule has 2 aliphatic rings. The zero-order valence-corrected chi connectivity index (χ0v) is 12.2. The number of hydrogen-bond donors (Lipinski definition) is 3. The fourth-order valence-corrected chi connectivity index (χ4v) is 3.60. The third-order valence-electron chi connectivity index (χ3n) is 4.91. The summed E-state index contributed by atoms with van der Waals surface area (Å²) in [6.07, 6.45) is 7.49. The molecule has 2 aliphatic carbocycles. The lowest BCUT2D eigenvalue weighted by Gasteiger charge is -2.28. The second-order valence-corrected chi connectivity index (χ2v) is 6.21. The molecule has 2 rings (SSSR count). The van der Waals surface area contributed by atoms with Crippen LogP contribution in [-0.4, -0.2) is 29.2 Å². The van der Waals surface area contributed by atoms with Gasteiger partial charge in [0.25, 0.3) is 0 Å². The number of carboxylic acids is 1. The van der Waals surface area contributed by atoms with Crippen LogP contribution in [0, 0.1) is 11.8 Å². The summed E-state index contributed by atoms with van der Waals surface area (Å²) in [4.78, 5) is 22.9. The number of nitrogens with one attached hydrogen (secondary N) is 2. The molecular formula is C15H26N2O3. The summed E-state index contributed by atoms with van der Waals surface area (Å²) in [5, 5.41) is 15.1. The Morgan fingerprint density at radius 2 is 1.75 bits per heavy atom. The molecule has 0 spiro atoms. The summed E-state index contributed by atoms with van der Waals surface area (Å²) in [7, 11) is 0. The second-order valence-electron chi connectivity index (χ2n) is 6.21. The van der Waals surface area contributed by atoms with Gasteiger partial charge in [0.2, 0.25) is 0 Å². The average Bonchev–Trinajstić information content (AvgIpc) is 2.86. The van der Waals surface area contributed by atoms with Gasteiger partial charge >= 0.3 is 12.0 Å². The zero-order chi connectivity index (χ0) is 14.5. The first-order valence-electron chi connectivity index (χ1n) is 7.90. The molecule has 0 radical (unpaired) electrons. The molecule has 114 valence electrons. The lowest BCUT2D eigenvalue weighted by molar-refractivity contribution is -0.142. The molecular weight excluding hydrogens is 256 g/mol. The van der Waals surface area contributed by atoms with Gasteiger partial charge in [0.05, 0.1) is 5.92 Å². The summed E-state index contributed by atoms with van der Waals surface area (Å²) in [6, 6.07) is 0.372. The Morgan fingerprint density at radius 3 is 2.35 bits per heavy atom. The van der Waals surface area contributed by atoms with Crippen molar-refractivity contribution in [2.75, 3.05) is 0 Å². The van der Waals surface area contributed by atoms with Crippen molar-refractivity contribution in [1.82, 2.24) is 10.6 Å². The minimum Gasteiger partial charge on any atom is -0.481 e. The third kappa shape index (κ3) is 3.87. The predicted molar refractivity (Wildman–Crippen MR) is 76.5 cm³/mol. The first-order chi connectivity index (χ1) is 9.60. The molecule has 0 heterocycles. The number of urea groups is 1. The van der Waals surface area contributed by atoms with Crippen LogP contribution in [0.4, 0.5) is 4.79 Å². The minimum absolute atomic E-state index is 0.0749. The van der Waals surface area contributed by atoms with Gasteiger partial charge in [-0.15, -0.1) is 0 Å². The van der Waals surface area contributed by atoms with Crippen LogP contribution in [0.5, 0.6) is 0 Å². The summed E-state index contributed by atoms with van der Waals surface area (Å²) in [6.45, 7) is 2.18. The van der Waals surface area contributed by atoms with Crippen molar-refractivity contribution in [2.24, 2.45) is 11.8 Å². The zero-order valence-electron chi connectivity index (χ0n) is 12.2. The van der Waals surface area contributed by atoms with Gasteiger partial charge in [-0.1, -0.05) is 19.8 Å². The largest absolute Gasteiger partial charge is 0.481 e. The van der Waals surface area contributed by atoms with Gasteiger partial charge in [-0.3, -0.25) is 4.79 Å². The van der Waals surface area contributed by atoms with Gasteiger partial charge in [0.1, 0.15) is 0 Å². The quantitative estimate of drug-likeness (QED) is 0.741. The lowest BCUT2D eigenvalue weighted by atomic mass is 9.86. The van der Waals surface area contributed by atoms with Crippen LogP contribution in [0.3, 0.4) is 0 Å². The molecule has 5 nitrogen and oxygen atoms in total.